The van der Waals surface area contributed by atoms with Gasteiger partial charge in [-0.15, -0.1) is 11.3 Å². The molecule has 1 amide bonds. The first kappa shape index (κ1) is 16.0. The fraction of sp³-hybridized carbons (Fsp3) is 0. The highest BCUT2D eigenvalue weighted by molar-refractivity contribution is 9.10. The summed E-state index contributed by atoms with van der Waals surface area (Å²) in [5, 5.41) is 4.82. The zero-order chi connectivity index (χ0) is 17.4. The molecule has 4 nitrogen and oxygen atoms in total. The molecule has 2 aromatic heterocycles. The van der Waals surface area contributed by atoms with Crippen LogP contribution in [0.3, 0.4) is 0 Å². The van der Waals surface area contributed by atoms with Crippen LogP contribution in [-0.2, 0) is 0 Å². The molecule has 0 fully saturated rings. The second kappa shape index (κ2) is 6.42. The average Bonchev–Trinajstić information content (AvgIpc) is 3.19. The molecule has 0 saturated carbocycles. The average molecular weight is 416 g/mol. The highest BCUT2D eigenvalue weighted by Gasteiger charge is 2.18. The fourth-order valence-electron chi connectivity index (χ4n) is 2.50. The third-order valence-corrected chi connectivity index (χ3v) is 5.00. The molecule has 4 rings (SSSR count). The van der Waals surface area contributed by atoms with E-state index in [1.54, 1.807) is 24.3 Å². The predicted octanol–water partition coefficient (Wildman–Crippen LogP) is 5.22. The Morgan fingerprint density at radius 2 is 1.84 bits per heavy atom. The van der Waals surface area contributed by atoms with Crippen LogP contribution in [-0.4, -0.2) is 15.3 Å². The van der Waals surface area contributed by atoms with E-state index in [0.717, 1.165) is 15.0 Å². The van der Waals surface area contributed by atoms with Crippen molar-refractivity contribution in [2.24, 2.45) is 0 Å². The Labute approximate surface area is 155 Å². The predicted molar refractivity (Wildman–Crippen MR) is 101 cm³/mol. The Balaban J connectivity index is 1.76. The molecular formula is C18H11BrFN3OS. The maximum Gasteiger partial charge on any atom is 0.256 e. The summed E-state index contributed by atoms with van der Waals surface area (Å²) in [6, 6.07) is 13.2. The van der Waals surface area contributed by atoms with Crippen LogP contribution < -0.4 is 5.32 Å². The Bertz CT molecular complexity index is 1050. The zero-order valence-electron chi connectivity index (χ0n) is 12.7. The molecule has 2 aromatic carbocycles. The molecule has 2 heterocycles. The molecule has 0 spiro atoms. The number of hydrogen-bond donors (Lipinski definition) is 1. The van der Waals surface area contributed by atoms with Gasteiger partial charge in [-0.25, -0.2) is 9.37 Å². The molecule has 7 heteroatoms. The molecule has 25 heavy (non-hydrogen) atoms. The third kappa shape index (κ3) is 3.08. The number of nitrogens with one attached hydrogen (secondary N) is 1. The van der Waals surface area contributed by atoms with E-state index in [4.69, 9.17) is 0 Å². The van der Waals surface area contributed by atoms with Gasteiger partial charge in [-0.1, -0.05) is 15.9 Å². The summed E-state index contributed by atoms with van der Waals surface area (Å²) in [5.41, 5.74) is 1.89. The van der Waals surface area contributed by atoms with Crippen molar-refractivity contribution < 1.29 is 9.18 Å². The van der Waals surface area contributed by atoms with Crippen molar-refractivity contribution in [1.82, 2.24) is 9.38 Å². The second-order valence-corrected chi connectivity index (χ2v) is 7.12. The number of hydrogen-bond acceptors (Lipinski definition) is 3. The summed E-state index contributed by atoms with van der Waals surface area (Å²) >= 11 is 4.82. The number of carbonyl (C=O) groups excluding carboxylic acids is 1. The summed E-state index contributed by atoms with van der Waals surface area (Å²) in [4.78, 5) is 17.9. The van der Waals surface area contributed by atoms with Crippen LogP contribution in [0.2, 0.25) is 0 Å². The van der Waals surface area contributed by atoms with E-state index in [-0.39, 0.29) is 11.7 Å². The lowest BCUT2D eigenvalue weighted by Gasteiger charge is -2.07. The number of amides is 1. The smallest absolute Gasteiger partial charge is 0.256 e. The third-order valence-electron chi connectivity index (χ3n) is 3.72. The molecule has 0 saturated heterocycles. The number of imidazole rings is 1. The van der Waals surface area contributed by atoms with Gasteiger partial charge in [0.05, 0.1) is 0 Å². The molecule has 0 aliphatic carbocycles. The van der Waals surface area contributed by atoms with Crippen molar-refractivity contribution in [1.29, 1.82) is 0 Å². The number of rotatable bonds is 3. The molecular weight excluding hydrogens is 405 g/mol. The first-order valence-corrected chi connectivity index (χ1v) is 9.07. The molecule has 0 bridgehead atoms. The van der Waals surface area contributed by atoms with Gasteiger partial charge in [0.1, 0.15) is 17.3 Å². The molecule has 124 valence electrons. The lowest BCUT2D eigenvalue weighted by atomic mass is 10.1. The molecule has 1 N–H and O–H groups in total. The summed E-state index contributed by atoms with van der Waals surface area (Å²) < 4.78 is 15.9. The van der Waals surface area contributed by atoms with Crippen LogP contribution in [0.1, 0.15) is 10.4 Å². The highest BCUT2D eigenvalue weighted by Crippen LogP contribution is 2.31. The van der Waals surface area contributed by atoms with E-state index in [9.17, 15) is 9.18 Å². The molecule has 0 atom stereocenters. The quantitative estimate of drug-likeness (QED) is 0.498. The minimum Gasteiger partial charge on any atom is -0.306 e. The number of carbonyl (C=O) groups is 1. The van der Waals surface area contributed by atoms with Gasteiger partial charge in [0.15, 0.2) is 4.96 Å². The van der Waals surface area contributed by atoms with Gasteiger partial charge in [-0.2, -0.15) is 0 Å². The van der Waals surface area contributed by atoms with Gasteiger partial charge < -0.3 is 5.32 Å². The van der Waals surface area contributed by atoms with Crippen molar-refractivity contribution in [2.75, 3.05) is 5.32 Å². The Morgan fingerprint density at radius 3 is 2.56 bits per heavy atom. The Kier molecular flexibility index (Phi) is 4.10. The van der Waals surface area contributed by atoms with E-state index in [0.29, 0.717) is 17.1 Å². The summed E-state index contributed by atoms with van der Waals surface area (Å²) in [6.07, 6.45) is 1.84. The van der Waals surface area contributed by atoms with Gasteiger partial charge in [-0.05, 0) is 48.5 Å². The molecule has 0 radical (unpaired) electrons. The summed E-state index contributed by atoms with van der Waals surface area (Å²) in [6.45, 7) is 0. The number of thiazole rings is 1. The number of benzene rings is 2. The van der Waals surface area contributed by atoms with Crippen LogP contribution in [0.5, 0.6) is 0 Å². The van der Waals surface area contributed by atoms with Gasteiger partial charge >= 0.3 is 0 Å². The van der Waals surface area contributed by atoms with Crippen LogP contribution in [0.15, 0.2) is 64.6 Å². The molecule has 0 aliphatic rings. The summed E-state index contributed by atoms with van der Waals surface area (Å²) in [5.74, 6) is 0.0184. The molecule has 4 aromatic rings. The van der Waals surface area contributed by atoms with Crippen LogP contribution in [0, 0.1) is 5.82 Å². The Hall–Kier alpha value is -2.51. The van der Waals surface area contributed by atoms with E-state index in [1.165, 1.54) is 23.5 Å². The van der Waals surface area contributed by atoms with Gasteiger partial charge in [0.2, 0.25) is 0 Å². The van der Waals surface area contributed by atoms with Crippen LogP contribution >= 0.6 is 27.3 Å². The number of aromatic nitrogens is 2. The normalized spacial score (nSPS) is 11.0. The van der Waals surface area contributed by atoms with Gasteiger partial charge in [-0.3, -0.25) is 9.20 Å². The number of halogens is 2. The van der Waals surface area contributed by atoms with Crippen molar-refractivity contribution >= 4 is 44.0 Å². The van der Waals surface area contributed by atoms with Crippen molar-refractivity contribution in [3.63, 3.8) is 0 Å². The zero-order valence-corrected chi connectivity index (χ0v) is 15.1. The minimum absolute atomic E-state index is 0.233. The highest BCUT2D eigenvalue weighted by atomic mass is 79.9. The largest absolute Gasteiger partial charge is 0.306 e. The SMILES string of the molecule is O=C(Nc1c(-c2ccc(F)cc2)nc2sccn12)c1ccc(Br)cc1. The van der Waals surface area contributed by atoms with Gasteiger partial charge in [0, 0.05) is 27.2 Å². The van der Waals surface area contributed by atoms with E-state index >= 15 is 0 Å². The maximum absolute atomic E-state index is 13.2. The first-order valence-electron chi connectivity index (χ1n) is 7.40. The lowest BCUT2D eigenvalue weighted by molar-refractivity contribution is 0.102. The topological polar surface area (TPSA) is 46.4 Å². The standard InChI is InChI=1S/C18H11BrFN3OS/c19-13-5-1-12(2-6-13)17(24)22-16-15(11-3-7-14(20)8-4-11)21-18-23(16)9-10-25-18/h1-10H,(H,22,24). The summed E-state index contributed by atoms with van der Waals surface area (Å²) in [7, 11) is 0. The Morgan fingerprint density at radius 1 is 1.12 bits per heavy atom. The lowest BCUT2D eigenvalue weighted by Crippen LogP contribution is -2.13. The molecule has 0 unspecified atom stereocenters. The maximum atomic E-state index is 13.2. The number of anilines is 1. The van der Waals surface area contributed by atoms with Crippen LogP contribution in [0.4, 0.5) is 10.2 Å². The van der Waals surface area contributed by atoms with Crippen molar-refractivity contribution in [3.8, 4) is 11.3 Å². The van der Waals surface area contributed by atoms with Crippen LogP contribution in [0.25, 0.3) is 16.2 Å². The van der Waals surface area contributed by atoms with Gasteiger partial charge in [0.25, 0.3) is 5.91 Å². The fourth-order valence-corrected chi connectivity index (χ4v) is 3.47. The van der Waals surface area contributed by atoms with E-state index in [1.807, 2.05) is 28.1 Å². The first-order chi connectivity index (χ1) is 12.1. The monoisotopic (exact) mass is 415 g/mol. The van der Waals surface area contributed by atoms with E-state index < -0.39 is 0 Å². The van der Waals surface area contributed by atoms with E-state index in [2.05, 4.69) is 26.2 Å². The number of fused-ring (bicyclic) bond motifs is 1. The molecule has 0 aliphatic heterocycles. The minimum atomic E-state index is -0.315. The van der Waals surface area contributed by atoms with Crippen molar-refractivity contribution in [3.05, 3.63) is 76.0 Å². The number of nitrogens with zero attached hydrogens (tertiary/aromatic N) is 2. The van der Waals surface area contributed by atoms with Crippen molar-refractivity contribution in [2.45, 2.75) is 0 Å². The second-order valence-electron chi connectivity index (χ2n) is 5.33.